The van der Waals surface area contributed by atoms with Crippen LogP contribution >= 0.6 is 0 Å². The van der Waals surface area contributed by atoms with Gasteiger partial charge < -0.3 is 9.47 Å². The molecule has 0 saturated carbocycles. The molecule has 0 amide bonds. The van der Waals surface area contributed by atoms with Gasteiger partial charge in [-0.1, -0.05) is 6.07 Å². The predicted molar refractivity (Wildman–Crippen MR) is 102 cm³/mol. The average molecular weight is 417 g/mol. The Morgan fingerprint density at radius 2 is 1.86 bits per heavy atom. The standard InChI is InChI=1S/C18H19N5O5S/c1-22(2)29(25,26)17-8-6-16(7-9-17)27-10-11-28-18(24)14-4-3-5-15(12-14)23-13-19-20-21-23/h3-9,12-13H,10-11H2,1-2H3. The van der Waals surface area contributed by atoms with Gasteiger partial charge in [0, 0.05) is 14.1 Å². The van der Waals surface area contributed by atoms with E-state index in [0.29, 0.717) is 17.0 Å². The van der Waals surface area contributed by atoms with E-state index < -0.39 is 16.0 Å². The number of benzene rings is 2. The van der Waals surface area contributed by atoms with Gasteiger partial charge in [0.05, 0.1) is 16.1 Å². The minimum atomic E-state index is -3.49. The number of aromatic nitrogens is 4. The van der Waals surface area contributed by atoms with E-state index in [1.165, 1.54) is 37.2 Å². The number of esters is 1. The van der Waals surface area contributed by atoms with Crippen LogP contribution in [0.5, 0.6) is 5.75 Å². The number of hydrogen-bond acceptors (Lipinski definition) is 8. The molecule has 3 aromatic rings. The maximum atomic E-state index is 12.2. The zero-order valence-electron chi connectivity index (χ0n) is 15.8. The van der Waals surface area contributed by atoms with Crippen molar-refractivity contribution in [3.63, 3.8) is 0 Å². The summed E-state index contributed by atoms with van der Waals surface area (Å²) in [5.74, 6) is -0.0321. The second kappa shape index (κ2) is 8.80. The van der Waals surface area contributed by atoms with Crippen LogP contribution in [-0.4, -0.2) is 66.2 Å². The van der Waals surface area contributed by atoms with Gasteiger partial charge in [0.2, 0.25) is 10.0 Å². The van der Waals surface area contributed by atoms with Crippen LogP contribution in [0.25, 0.3) is 5.69 Å². The Hall–Kier alpha value is -3.31. The van der Waals surface area contributed by atoms with Crippen molar-refractivity contribution < 1.29 is 22.7 Å². The number of ether oxygens (including phenoxy) is 2. The third-order valence-corrected chi connectivity index (χ3v) is 5.71. The summed E-state index contributed by atoms with van der Waals surface area (Å²) in [6.45, 7) is 0.157. The van der Waals surface area contributed by atoms with Gasteiger partial charge in [-0.2, -0.15) is 0 Å². The van der Waals surface area contributed by atoms with Gasteiger partial charge in [0.25, 0.3) is 0 Å². The molecule has 0 radical (unpaired) electrons. The first kappa shape index (κ1) is 20.4. The van der Waals surface area contributed by atoms with Gasteiger partial charge in [-0.15, -0.1) is 5.10 Å². The first-order valence-corrected chi connectivity index (χ1v) is 9.98. The number of nitrogens with zero attached hydrogens (tertiary/aromatic N) is 5. The van der Waals surface area contributed by atoms with Crippen LogP contribution in [0.4, 0.5) is 0 Å². The summed E-state index contributed by atoms with van der Waals surface area (Å²) in [6.07, 6.45) is 1.42. The van der Waals surface area contributed by atoms with Crippen molar-refractivity contribution in [3.8, 4) is 11.4 Å². The molecule has 10 nitrogen and oxygen atoms in total. The number of carbonyl (C=O) groups excluding carboxylic acids is 1. The van der Waals surface area contributed by atoms with E-state index in [4.69, 9.17) is 9.47 Å². The molecule has 0 saturated heterocycles. The van der Waals surface area contributed by atoms with Crippen LogP contribution in [0.15, 0.2) is 59.8 Å². The molecule has 11 heteroatoms. The van der Waals surface area contributed by atoms with Crippen molar-refractivity contribution in [1.29, 1.82) is 0 Å². The second-order valence-corrected chi connectivity index (χ2v) is 8.20. The van der Waals surface area contributed by atoms with E-state index in [1.807, 2.05) is 0 Å². The van der Waals surface area contributed by atoms with Gasteiger partial charge in [-0.3, -0.25) is 0 Å². The molecule has 1 heterocycles. The third-order valence-electron chi connectivity index (χ3n) is 3.88. The fourth-order valence-electron chi connectivity index (χ4n) is 2.35. The molecule has 0 aliphatic rings. The molecule has 0 aliphatic heterocycles. The molecule has 0 aliphatic carbocycles. The summed E-state index contributed by atoms with van der Waals surface area (Å²) in [6, 6.07) is 12.7. The van der Waals surface area contributed by atoms with Gasteiger partial charge in [-0.05, 0) is 52.9 Å². The van der Waals surface area contributed by atoms with E-state index in [-0.39, 0.29) is 18.1 Å². The summed E-state index contributed by atoms with van der Waals surface area (Å²) in [5.41, 5.74) is 0.990. The lowest BCUT2D eigenvalue weighted by Crippen LogP contribution is -2.22. The van der Waals surface area contributed by atoms with E-state index in [2.05, 4.69) is 15.5 Å². The number of tetrazole rings is 1. The van der Waals surface area contributed by atoms with Crippen LogP contribution in [0.2, 0.25) is 0 Å². The lowest BCUT2D eigenvalue weighted by atomic mass is 10.2. The smallest absolute Gasteiger partial charge is 0.338 e. The van der Waals surface area contributed by atoms with Crippen molar-refractivity contribution in [2.24, 2.45) is 0 Å². The maximum Gasteiger partial charge on any atom is 0.338 e. The minimum Gasteiger partial charge on any atom is -0.490 e. The highest BCUT2D eigenvalue weighted by Gasteiger charge is 2.16. The molecule has 0 unspecified atom stereocenters. The van der Waals surface area contributed by atoms with Crippen LogP contribution in [0.1, 0.15) is 10.4 Å². The van der Waals surface area contributed by atoms with Crippen LogP contribution in [0.3, 0.4) is 0 Å². The van der Waals surface area contributed by atoms with Gasteiger partial charge >= 0.3 is 5.97 Å². The van der Waals surface area contributed by atoms with Crippen LogP contribution in [0, 0.1) is 0 Å². The minimum absolute atomic E-state index is 0.0334. The molecule has 152 valence electrons. The Morgan fingerprint density at radius 3 is 2.52 bits per heavy atom. The summed E-state index contributed by atoms with van der Waals surface area (Å²) in [5, 5.41) is 10.9. The zero-order valence-corrected chi connectivity index (χ0v) is 16.6. The highest BCUT2D eigenvalue weighted by atomic mass is 32.2. The molecule has 0 fully saturated rings. The second-order valence-electron chi connectivity index (χ2n) is 6.05. The molecular formula is C18H19N5O5S. The lowest BCUT2D eigenvalue weighted by molar-refractivity contribution is 0.0450. The van der Waals surface area contributed by atoms with Crippen molar-refractivity contribution in [2.75, 3.05) is 27.3 Å². The van der Waals surface area contributed by atoms with E-state index in [9.17, 15) is 13.2 Å². The highest BCUT2D eigenvalue weighted by Crippen LogP contribution is 2.18. The third kappa shape index (κ3) is 4.95. The molecule has 0 bridgehead atoms. The van der Waals surface area contributed by atoms with E-state index in [1.54, 1.807) is 36.4 Å². The van der Waals surface area contributed by atoms with Crippen molar-refractivity contribution in [2.45, 2.75) is 4.90 Å². The molecule has 1 aromatic heterocycles. The maximum absolute atomic E-state index is 12.2. The molecule has 0 spiro atoms. The lowest BCUT2D eigenvalue weighted by Gasteiger charge is -2.12. The summed E-state index contributed by atoms with van der Waals surface area (Å²) in [7, 11) is -0.556. The first-order valence-electron chi connectivity index (χ1n) is 8.54. The molecule has 0 atom stereocenters. The molecule has 3 rings (SSSR count). The van der Waals surface area contributed by atoms with Crippen molar-refractivity contribution in [1.82, 2.24) is 24.5 Å². The monoisotopic (exact) mass is 417 g/mol. The molecule has 29 heavy (non-hydrogen) atoms. The Labute approximate surface area is 167 Å². The van der Waals surface area contributed by atoms with Gasteiger partial charge in [0.15, 0.2) is 0 Å². The largest absolute Gasteiger partial charge is 0.490 e. The van der Waals surface area contributed by atoms with Crippen molar-refractivity contribution in [3.05, 3.63) is 60.4 Å². The SMILES string of the molecule is CN(C)S(=O)(=O)c1ccc(OCCOC(=O)c2cccc(-n3cnnn3)c2)cc1. The predicted octanol–water partition coefficient (Wildman–Crippen LogP) is 1.15. The first-order chi connectivity index (χ1) is 13.9. The molecular weight excluding hydrogens is 398 g/mol. The fourth-order valence-corrected chi connectivity index (χ4v) is 3.25. The summed E-state index contributed by atoms with van der Waals surface area (Å²) >= 11 is 0. The number of hydrogen-bond donors (Lipinski definition) is 0. The number of carbonyl (C=O) groups is 1. The Balaban J connectivity index is 1.51. The molecule has 0 N–H and O–H groups in total. The topological polar surface area (TPSA) is 117 Å². The van der Waals surface area contributed by atoms with E-state index in [0.717, 1.165) is 4.31 Å². The van der Waals surface area contributed by atoms with Gasteiger partial charge in [-0.25, -0.2) is 22.2 Å². The Morgan fingerprint density at radius 1 is 1.10 bits per heavy atom. The number of sulfonamides is 1. The summed E-state index contributed by atoms with van der Waals surface area (Å²) < 4.78 is 37.3. The zero-order chi connectivity index (χ0) is 20.9. The highest BCUT2D eigenvalue weighted by molar-refractivity contribution is 7.89. The summed E-state index contributed by atoms with van der Waals surface area (Å²) in [4.78, 5) is 12.4. The normalized spacial score (nSPS) is 11.4. The van der Waals surface area contributed by atoms with Crippen LogP contribution < -0.4 is 4.74 Å². The quantitative estimate of drug-likeness (QED) is 0.396. The van der Waals surface area contributed by atoms with E-state index >= 15 is 0 Å². The van der Waals surface area contributed by atoms with Gasteiger partial charge in [0.1, 0.15) is 25.3 Å². The Bertz CT molecular complexity index is 1070. The number of rotatable bonds is 8. The average Bonchev–Trinajstić information content (AvgIpc) is 3.26. The Kier molecular flexibility index (Phi) is 6.20. The molecule has 2 aromatic carbocycles. The van der Waals surface area contributed by atoms with Crippen LogP contribution in [-0.2, 0) is 14.8 Å². The van der Waals surface area contributed by atoms with Crippen molar-refractivity contribution >= 4 is 16.0 Å². The fraction of sp³-hybridized carbons (Fsp3) is 0.222.